The van der Waals surface area contributed by atoms with Gasteiger partial charge in [-0.25, -0.2) is 14.4 Å². The molecule has 0 fully saturated rings. The molecule has 0 saturated carbocycles. The van der Waals surface area contributed by atoms with Gasteiger partial charge in [-0.15, -0.1) is 0 Å². The van der Waals surface area contributed by atoms with Crippen molar-refractivity contribution in [3.05, 3.63) is 47.5 Å². The first kappa shape index (κ1) is 9.09. The topological polar surface area (TPSA) is 25.8 Å². The average Bonchev–Trinajstić information content (AvgIpc) is 2.20. The lowest BCUT2D eigenvalue weighted by atomic mass is 10.2. The minimum absolute atomic E-state index is 0.397. The van der Waals surface area contributed by atoms with Gasteiger partial charge in [0.25, 0.3) is 0 Å². The normalized spacial score (nSPS) is 10.1. The summed E-state index contributed by atoms with van der Waals surface area (Å²) in [5.41, 5.74) is 0.647. The van der Waals surface area contributed by atoms with Gasteiger partial charge in [-0.3, -0.25) is 0 Å². The van der Waals surface area contributed by atoms with Crippen LogP contribution in [0.4, 0.5) is 4.39 Å². The van der Waals surface area contributed by atoms with E-state index in [2.05, 4.69) is 16.0 Å². The fourth-order valence-electron chi connectivity index (χ4n) is 1.04. The van der Waals surface area contributed by atoms with Gasteiger partial charge in [-0.2, -0.15) is 0 Å². The van der Waals surface area contributed by atoms with E-state index in [0.717, 1.165) is 12.4 Å². The Morgan fingerprint density at radius 2 is 2.00 bits per heavy atom. The van der Waals surface area contributed by atoms with Crippen molar-refractivity contribution in [3.63, 3.8) is 0 Å². The molecule has 69 valence electrons. The van der Waals surface area contributed by atoms with Crippen molar-refractivity contribution in [1.29, 1.82) is 0 Å². The molecular weight excluding hydrogens is 203 g/mol. The zero-order valence-corrected chi connectivity index (χ0v) is 7.79. The third kappa shape index (κ3) is 1.72. The minimum Gasteiger partial charge on any atom is -0.233 e. The maximum Gasteiger partial charge on any atom is 0.160 e. The molecule has 0 spiro atoms. The standard InChI is InChI=1S/C10H5ClFN2/c11-9-4-2-1-3-8(9)10-13-5-7(12)6-14-10/h1-3,5-6H. The molecule has 0 saturated heterocycles. The fourth-order valence-corrected chi connectivity index (χ4v) is 1.25. The molecule has 1 aromatic carbocycles. The van der Waals surface area contributed by atoms with Crippen molar-refractivity contribution in [2.75, 3.05) is 0 Å². The predicted molar refractivity (Wildman–Crippen MR) is 51.3 cm³/mol. The van der Waals surface area contributed by atoms with E-state index in [4.69, 9.17) is 11.6 Å². The number of hydrogen-bond acceptors (Lipinski definition) is 2. The average molecular weight is 208 g/mol. The zero-order valence-electron chi connectivity index (χ0n) is 7.04. The fraction of sp³-hybridized carbons (Fsp3) is 0. The van der Waals surface area contributed by atoms with Gasteiger partial charge in [0.05, 0.1) is 17.4 Å². The van der Waals surface area contributed by atoms with Gasteiger partial charge in [0, 0.05) is 11.6 Å². The Balaban J connectivity index is 2.50. The number of nitrogens with zero attached hydrogens (tertiary/aromatic N) is 2. The maximum absolute atomic E-state index is 12.5. The van der Waals surface area contributed by atoms with Gasteiger partial charge in [0.15, 0.2) is 11.6 Å². The van der Waals surface area contributed by atoms with E-state index in [-0.39, 0.29) is 0 Å². The third-order valence-corrected chi connectivity index (χ3v) is 1.98. The van der Waals surface area contributed by atoms with Crippen LogP contribution in [0.15, 0.2) is 30.6 Å². The lowest BCUT2D eigenvalue weighted by Crippen LogP contribution is -1.90. The molecule has 0 aliphatic rings. The Labute approximate surface area is 85.4 Å². The highest BCUT2D eigenvalue weighted by Crippen LogP contribution is 2.23. The monoisotopic (exact) mass is 207 g/mol. The number of hydrogen-bond donors (Lipinski definition) is 0. The molecule has 0 bridgehead atoms. The first-order valence-electron chi connectivity index (χ1n) is 3.91. The summed E-state index contributed by atoms with van der Waals surface area (Å²) in [6.45, 7) is 0. The molecule has 0 aliphatic carbocycles. The van der Waals surface area contributed by atoms with Gasteiger partial charge in [0.2, 0.25) is 0 Å². The summed E-state index contributed by atoms with van der Waals surface area (Å²) < 4.78 is 12.5. The highest BCUT2D eigenvalue weighted by molar-refractivity contribution is 6.33. The highest BCUT2D eigenvalue weighted by Gasteiger charge is 2.04. The van der Waals surface area contributed by atoms with Crippen molar-refractivity contribution >= 4 is 11.6 Å². The lowest BCUT2D eigenvalue weighted by molar-refractivity contribution is 0.614. The Morgan fingerprint density at radius 1 is 1.29 bits per heavy atom. The Bertz CT molecular complexity index is 442. The van der Waals surface area contributed by atoms with E-state index >= 15 is 0 Å². The molecule has 0 aliphatic heterocycles. The number of benzene rings is 1. The molecule has 2 nitrogen and oxygen atoms in total. The van der Waals surface area contributed by atoms with E-state index in [1.165, 1.54) is 0 Å². The van der Waals surface area contributed by atoms with Gasteiger partial charge >= 0.3 is 0 Å². The molecule has 2 rings (SSSR count). The summed E-state index contributed by atoms with van der Waals surface area (Å²) in [5.74, 6) is -0.0713. The second-order valence-electron chi connectivity index (χ2n) is 2.62. The van der Waals surface area contributed by atoms with E-state index < -0.39 is 5.82 Å². The molecule has 0 N–H and O–H groups in total. The molecule has 1 aromatic heterocycles. The molecule has 14 heavy (non-hydrogen) atoms. The quantitative estimate of drug-likeness (QED) is 0.719. The molecular formula is C10H5ClFN2. The van der Waals surface area contributed by atoms with E-state index in [1.54, 1.807) is 18.2 Å². The lowest BCUT2D eigenvalue weighted by Gasteiger charge is -2.00. The Morgan fingerprint density at radius 3 is 2.64 bits per heavy atom. The van der Waals surface area contributed by atoms with Crippen LogP contribution < -0.4 is 0 Å². The minimum atomic E-state index is -0.468. The molecule has 1 heterocycles. The molecule has 2 aromatic rings. The van der Waals surface area contributed by atoms with Crippen LogP contribution in [0, 0.1) is 11.9 Å². The molecule has 4 heteroatoms. The van der Waals surface area contributed by atoms with Crippen molar-refractivity contribution < 1.29 is 4.39 Å². The van der Waals surface area contributed by atoms with Gasteiger partial charge in [-0.1, -0.05) is 23.7 Å². The van der Waals surface area contributed by atoms with Crippen molar-refractivity contribution in [1.82, 2.24) is 9.97 Å². The van der Waals surface area contributed by atoms with Gasteiger partial charge in [0.1, 0.15) is 0 Å². The van der Waals surface area contributed by atoms with Crippen molar-refractivity contribution in [3.8, 4) is 11.4 Å². The summed E-state index contributed by atoms with van der Waals surface area (Å²) in [6, 6.07) is 8.02. The zero-order chi connectivity index (χ0) is 9.97. The Kier molecular flexibility index (Phi) is 2.41. The maximum atomic E-state index is 12.5. The SMILES string of the molecule is Fc1cnc(-c2ccc[c]c2Cl)nc1. The number of rotatable bonds is 1. The van der Waals surface area contributed by atoms with Crippen LogP contribution in [0.3, 0.4) is 0 Å². The molecule has 0 unspecified atom stereocenters. The van der Waals surface area contributed by atoms with E-state index in [0.29, 0.717) is 16.4 Å². The number of halogens is 2. The van der Waals surface area contributed by atoms with Gasteiger partial charge in [-0.05, 0) is 6.07 Å². The summed E-state index contributed by atoms with van der Waals surface area (Å²) in [5, 5.41) is 0.430. The van der Waals surface area contributed by atoms with Crippen LogP contribution in [-0.4, -0.2) is 9.97 Å². The molecule has 1 radical (unpaired) electrons. The van der Waals surface area contributed by atoms with E-state index in [9.17, 15) is 4.39 Å². The smallest absolute Gasteiger partial charge is 0.160 e. The van der Waals surface area contributed by atoms with Crippen LogP contribution in [0.25, 0.3) is 11.4 Å². The second kappa shape index (κ2) is 3.72. The van der Waals surface area contributed by atoms with Gasteiger partial charge < -0.3 is 0 Å². The largest absolute Gasteiger partial charge is 0.233 e. The number of aromatic nitrogens is 2. The van der Waals surface area contributed by atoms with Crippen LogP contribution in [0.2, 0.25) is 5.02 Å². The summed E-state index contributed by atoms with van der Waals surface area (Å²) in [4.78, 5) is 7.64. The summed E-state index contributed by atoms with van der Waals surface area (Å²) in [6.07, 6.45) is 2.21. The summed E-state index contributed by atoms with van der Waals surface area (Å²) >= 11 is 5.87. The summed E-state index contributed by atoms with van der Waals surface area (Å²) in [7, 11) is 0. The van der Waals surface area contributed by atoms with Crippen LogP contribution in [-0.2, 0) is 0 Å². The van der Waals surface area contributed by atoms with Crippen LogP contribution in [0.1, 0.15) is 0 Å². The van der Waals surface area contributed by atoms with Crippen molar-refractivity contribution in [2.45, 2.75) is 0 Å². The molecule has 0 amide bonds. The third-order valence-electron chi connectivity index (χ3n) is 1.67. The second-order valence-corrected chi connectivity index (χ2v) is 3.00. The van der Waals surface area contributed by atoms with Crippen LogP contribution >= 0.6 is 11.6 Å². The first-order valence-corrected chi connectivity index (χ1v) is 4.29. The van der Waals surface area contributed by atoms with Crippen LogP contribution in [0.5, 0.6) is 0 Å². The highest BCUT2D eigenvalue weighted by atomic mass is 35.5. The van der Waals surface area contributed by atoms with E-state index in [1.807, 2.05) is 0 Å². The van der Waals surface area contributed by atoms with Crippen molar-refractivity contribution in [2.24, 2.45) is 0 Å². The molecule has 0 atom stereocenters. The first-order chi connectivity index (χ1) is 6.77. The predicted octanol–water partition coefficient (Wildman–Crippen LogP) is 2.74. The Hall–Kier alpha value is -1.48.